The molecule has 0 atom stereocenters. The minimum absolute atomic E-state index is 0.136. The molecule has 0 radical (unpaired) electrons. The van der Waals surface area contributed by atoms with Gasteiger partial charge in [-0.3, -0.25) is 4.79 Å². The van der Waals surface area contributed by atoms with Crippen LogP contribution in [0.3, 0.4) is 0 Å². The van der Waals surface area contributed by atoms with Crippen molar-refractivity contribution in [1.29, 1.82) is 0 Å². The van der Waals surface area contributed by atoms with Gasteiger partial charge in [0.1, 0.15) is 0 Å². The second kappa shape index (κ2) is 9.69. The number of anilines is 1. The van der Waals surface area contributed by atoms with E-state index in [1.807, 2.05) is 30.3 Å². The molecule has 2 aromatic carbocycles. The Hall–Kier alpha value is -2.53. The summed E-state index contributed by atoms with van der Waals surface area (Å²) in [5.74, 6) is -0.328. The molecule has 0 aromatic heterocycles. The van der Waals surface area contributed by atoms with Gasteiger partial charge in [-0.15, -0.1) is 0 Å². The fraction of sp³-hybridized carbons (Fsp3) is 0.263. The summed E-state index contributed by atoms with van der Waals surface area (Å²) in [4.78, 5) is 25.8. The summed E-state index contributed by atoms with van der Waals surface area (Å²) in [6.07, 6.45) is 0.136. The van der Waals surface area contributed by atoms with Gasteiger partial charge in [0, 0.05) is 13.1 Å². The van der Waals surface area contributed by atoms with Crippen molar-refractivity contribution in [1.82, 2.24) is 4.90 Å². The molecule has 25 heavy (non-hydrogen) atoms. The number of carbonyl (C=O) groups excluding carboxylic acids is 2. The molecule has 0 aliphatic heterocycles. The van der Waals surface area contributed by atoms with Gasteiger partial charge >= 0.3 is 12.0 Å². The van der Waals surface area contributed by atoms with Gasteiger partial charge in [-0.2, -0.15) is 0 Å². The van der Waals surface area contributed by atoms with Crippen molar-refractivity contribution in [2.45, 2.75) is 19.9 Å². The highest BCUT2D eigenvalue weighted by Crippen LogP contribution is 2.21. The van der Waals surface area contributed by atoms with Crippen LogP contribution in [-0.4, -0.2) is 30.1 Å². The largest absolute Gasteiger partial charge is 0.466 e. The van der Waals surface area contributed by atoms with Gasteiger partial charge in [0.05, 0.1) is 23.7 Å². The number of benzene rings is 2. The molecule has 0 saturated heterocycles. The topological polar surface area (TPSA) is 58.6 Å². The Morgan fingerprint density at radius 3 is 2.44 bits per heavy atom. The van der Waals surface area contributed by atoms with E-state index < -0.39 is 0 Å². The lowest BCUT2D eigenvalue weighted by molar-refractivity contribution is -0.143. The average molecular weight is 361 g/mol. The molecule has 0 aliphatic rings. The molecule has 2 amide bonds. The van der Waals surface area contributed by atoms with Crippen LogP contribution < -0.4 is 5.32 Å². The summed E-state index contributed by atoms with van der Waals surface area (Å²) in [6.45, 7) is 2.72. The zero-order valence-electron chi connectivity index (χ0n) is 14.1. The van der Waals surface area contributed by atoms with Crippen LogP contribution in [0.15, 0.2) is 54.6 Å². The molecule has 0 spiro atoms. The Balaban J connectivity index is 2.07. The molecular formula is C19H21ClN2O3. The van der Waals surface area contributed by atoms with Crippen molar-refractivity contribution in [3.8, 4) is 0 Å². The number of carbonyl (C=O) groups is 2. The molecule has 0 bridgehead atoms. The number of amides is 2. The van der Waals surface area contributed by atoms with Crippen LogP contribution >= 0.6 is 11.6 Å². The van der Waals surface area contributed by atoms with Crippen molar-refractivity contribution >= 4 is 29.3 Å². The van der Waals surface area contributed by atoms with Crippen molar-refractivity contribution in [2.24, 2.45) is 0 Å². The van der Waals surface area contributed by atoms with E-state index in [2.05, 4.69) is 5.32 Å². The number of hydrogen-bond donors (Lipinski definition) is 1. The number of hydrogen-bond acceptors (Lipinski definition) is 3. The first-order chi connectivity index (χ1) is 12.1. The number of nitrogens with zero attached hydrogens (tertiary/aromatic N) is 1. The number of urea groups is 1. The van der Waals surface area contributed by atoms with Gasteiger partial charge in [-0.25, -0.2) is 4.79 Å². The smallest absolute Gasteiger partial charge is 0.322 e. The predicted octanol–water partition coefficient (Wildman–Crippen LogP) is 4.33. The second-order valence-corrected chi connectivity index (χ2v) is 5.78. The van der Waals surface area contributed by atoms with Crippen LogP contribution in [0.2, 0.25) is 5.02 Å². The standard InChI is InChI=1S/C19H21ClN2O3/c1-2-25-18(23)12-13-22(14-15-8-4-3-5-9-15)19(24)21-17-11-7-6-10-16(17)20/h3-11H,2,12-14H2,1H3,(H,21,24). The summed E-state index contributed by atoms with van der Waals surface area (Å²) >= 11 is 6.09. The van der Waals surface area contributed by atoms with Gasteiger partial charge in [-0.1, -0.05) is 54.1 Å². The third-order valence-corrected chi connectivity index (χ3v) is 3.84. The Morgan fingerprint density at radius 1 is 1.08 bits per heavy atom. The predicted molar refractivity (Wildman–Crippen MR) is 98.6 cm³/mol. The number of halogens is 1. The van der Waals surface area contributed by atoms with E-state index in [0.717, 1.165) is 5.56 Å². The van der Waals surface area contributed by atoms with Crippen molar-refractivity contribution < 1.29 is 14.3 Å². The number of esters is 1. The van der Waals surface area contributed by atoms with E-state index in [0.29, 0.717) is 23.9 Å². The monoisotopic (exact) mass is 360 g/mol. The van der Waals surface area contributed by atoms with E-state index in [1.165, 1.54) is 0 Å². The second-order valence-electron chi connectivity index (χ2n) is 5.37. The van der Waals surface area contributed by atoms with Crippen LogP contribution in [0.25, 0.3) is 0 Å². The Bertz CT molecular complexity index is 707. The summed E-state index contributed by atoms with van der Waals surface area (Å²) in [7, 11) is 0. The maximum Gasteiger partial charge on any atom is 0.322 e. The molecule has 1 N–H and O–H groups in total. The summed E-state index contributed by atoms with van der Waals surface area (Å²) in [5.41, 5.74) is 1.50. The van der Waals surface area contributed by atoms with Crippen molar-refractivity contribution in [2.75, 3.05) is 18.5 Å². The first kappa shape index (κ1) is 18.8. The van der Waals surface area contributed by atoms with Crippen molar-refractivity contribution in [3.05, 3.63) is 65.2 Å². The normalized spacial score (nSPS) is 10.2. The molecule has 6 heteroatoms. The van der Waals surface area contributed by atoms with Crippen LogP contribution in [0.1, 0.15) is 18.9 Å². The molecule has 0 unspecified atom stereocenters. The zero-order valence-corrected chi connectivity index (χ0v) is 14.8. The molecule has 0 fully saturated rings. The maximum atomic E-state index is 12.6. The SMILES string of the molecule is CCOC(=O)CCN(Cc1ccccc1)C(=O)Nc1ccccc1Cl. The lowest BCUT2D eigenvalue weighted by Crippen LogP contribution is -2.36. The molecule has 0 heterocycles. The lowest BCUT2D eigenvalue weighted by Gasteiger charge is -2.23. The van der Waals surface area contributed by atoms with E-state index in [4.69, 9.17) is 16.3 Å². The fourth-order valence-electron chi connectivity index (χ4n) is 2.27. The van der Waals surface area contributed by atoms with Gasteiger partial charge in [0.25, 0.3) is 0 Å². The van der Waals surface area contributed by atoms with Crippen LogP contribution in [0.4, 0.5) is 10.5 Å². The van der Waals surface area contributed by atoms with E-state index in [9.17, 15) is 9.59 Å². The molecule has 0 saturated carbocycles. The van der Waals surface area contributed by atoms with E-state index in [-0.39, 0.29) is 25.0 Å². The Labute approximate surface area is 152 Å². The molecule has 0 aliphatic carbocycles. The number of para-hydroxylation sites is 1. The minimum atomic E-state index is -0.328. The van der Waals surface area contributed by atoms with Crippen LogP contribution in [0.5, 0.6) is 0 Å². The van der Waals surface area contributed by atoms with Gasteiger partial charge in [0.2, 0.25) is 0 Å². The molecule has 132 valence electrons. The van der Waals surface area contributed by atoms with E-state index >= 15 is 0 Å². The third-order valence-electron chi connectivity index (χ3n) is 3.51. The molecular weight excluding hydrogens is 340 g/mol. The lowest BCUT2D eigenvalue weighted by atomic mass is 10.2. The van der Waals surface area contributed by atoms with Gasteiger partial charge < -0.3 is 15.0 Å². The summed E-state index contributed by atoms with van der Waals surface area (Å²) in [5, 5.41) is 3.25. The maximum absolute atomic E-state index is 12.6. The zero-order chi connectivity index (χ0) is 18.1. The summed E-state index contributed by atoms with van der Waals surface area (Å²) < 4.78 is 4.94. The first-order valence-corrected chi connectivity index (χ1v) is 8.48. The van der Waals surface area contributed by atoms with Gasteiger partial charge in [0.15, 0.2) is 0 Å². The molecule has 2 aromatic rings. The number of rotatable bonds is 7. The highest BCUT2D eigenvalue weighted by atomic mass is 35.5. The fourth-order valence-corrected chi connectivity index (χ4v) is 2.46. The van der Waals surface area contributed by atoms with Crippen LogP contribution in [0, 0.1) is 0 Å². The van der Waals surface area contributed by atoms with Gasteiger partial charge in [-0.05, 0) is 24.6 Å². The third kappa shape index (κ3) is 6.12. The van der Waals surface area contributed by atoms with Crippen LogP contribution in [-0.2, 0) is 16.1 Å². The summed E-state index contributed by atoms with van der Waals surface area (Å²) in [6, 6.07) is 16.3. The Kier molecular flexibility index (Phi) is 7.29. The van der Waals surface area contributed by atoms with E-state index in [1.54, 1.807) is 36.1 Å². The highest BCUT2D eigenvalue weighted by Gasteiger charge is 2.17. The average Bonchev–Trinajstić information content (AvgIpc) is 2.61. The molecule has 5 nitrogen and oxygen atoms in total. The number of nitrogens with one attached hydrogen (secondary N) is 1. The quantitative estimate of drug-likeness (QED) is 0.748. The Morgan fingerprint density at radius 2 is 1.76 bits per heavy atom. The first-order valence-electron chi connectivity index (χ1n) is 8.10. The number of ether oxygens (including phenoxy) is 1. The van der Waals surface area contributed by atoms with Crippen molar-refractivity contribution in [3.63, 3.8) is 0 Å². The minimum Gasteiger partial charge on any atom is -0.466 e. The molecule has 2 rings (SSSR count). The highest BCUT2D eigenvalue weighted by molar-refractivity contribution is 6.33.